The molecule has 1 N–H and O–H groups in total. The number of nitrogens with zero attached hydrogens (tertiary/aromatic N) is 2. The van der Waals surface area contributed by atoms with Crippen molar-refractivity contribution in [3.05, 3.63) is 33.9 Å². The number of nitro benzene ring substituents is 1. The summed E-state index contributed by atoms with van der Waals surface area (Å²) in [6, 6.07) is 4.35. The first kappa shape index (κ1) is 13.5. The van der Waals surface area contributed by atoms with Crippen molar-refractivity contribution in [1.29, 1.82) is 0 Å². The zero-order valence-electron chi connectivity index (χ0n) is 10.5. The minimum absolute atomic E-state index is 0.0723. The Labute approximate surface area is 110 Å². The van der Waals surface area contributed by atoms with Gasteiger partial charge in [-0.2, -0.15) is 0 Å². The molecule has 0 aromatic heterocycles. The lowest BCUT2D eigenvalue weighted by atomic mass is 10.1. The number of aliphatic hydroxyl groups is 1. The summed E-state index contributed by atoms with van der Waals surface area (Å²) in [4.78, 5) is 23.3. The van der Waals surface area contributed by atoms with Crippen LogP contribution in [0.1, 0.15) is 23.2 Å². The molecule has 1 aromatic carbocycles. The second kappa shape index (κ2) is 5.79. The molecule has 0 amide bonds. The highest BCUT2D eigenvalue weighted by molar-refractivity contribution is 5.86. The summed E-state index contributed by atoms with van der Waals surface area (Å²) in [7, 11) is 0. The summed E-state index contributed by atoms with van der Waals surface area (Å²) in [5.74, 6) is 0.416. The maximum atomic E-state index is 11.1. The highest BCUT2D eigenvalue weighted by atomic mass is 16.6. The predicted molar refractivity (Wildman–Crippen MR) is 70.5 cm³/mol. The number of aldehydes is 1. The number of benzene rings is 1. The quantitative estimate of drug-likeness (QED) is 0.496. The molecule has 0 spiro atoms. The number of hydrogen-bond acceptors (Lipinski definition) is 5. The zero-order chi connectivity index (χ0) is 13.8. The fourth-order valence-electron chi connectivity index (χ4n) is 2.51. The first-order valence-corrected chi connectivity index (χ1v) is 6.25. The van der Waals surface area contributed by atoms with Crippen LogP contribution in [0.4, 0.5) is 11.4 Å². The molecule has 102 valence electrons. The van der Waals surface area contributed by atoms with Gasteiger partial charge in [0, 0.05) is 43.1 Å². The molecule has 2 rings (SSSR count). The van der Waals surface area contributed by atoms with Gasteiger partial charge < -0.3 is 10.0 Å². The van der Waals surface area contributed by atoms with Crippen molar-refractivity contribution in [2.45, 2.75) is 12.8 Å². The van der Waals surface area contributed by atoms with Gasteiger partial charge >= 0.3 is 0 Å². The number of carbonyl (C=O) groups is 1. The van der Waals surface area contributed by atoms with Crippen molar-refractivity contribution in [3.63, 3.8) is 0 Å². The predicted octanol–water partition coefficient (Wildman–Crippen LogP) is 1.62. The van der Waals surface area contributed by atoms with E-state index in [9.17, 15) is 14.9 Å². The highest BCUT2D eigenvalue weighted by Gasteiger charge is 2.24. The lowest BCUT2D eigenvalue weighted by Crippen LogP contribution is -2.21. The molecule has 1 atom stereocenters. The Hall–Kier alpha value is -1.95. The van der Waals surface area contributed by atoms with Gasteiger partial charge in [-0.15, -0.1) is 0 Å². The summed E-state index contributed by atoms with van der Waals surface area (Å²) >= 11 is 0. The van der Waals surface area contributed by atoms with Crippen molar-refractivity contribution < 1.29 is 14.8 Å². The van der Waals surface area contributed by atoms with Crippen molar-refractivity contribution in [1.82, 2.24) is 0 Å². The molecule has 6 nitrogen and oxygen atoms in total. The summed E-state index contributed by atoms with van der Waals surface area (Å²) in [6.07, 6.45) is 2.37. The SMILES string of the molecule is O=Cc1cc([N+](=O)[O-])ccc1N1CCC(CCO)C1. The number of carbonyl (C=O) groups excluding carboxylic acids is 1. The maximum absolute atomic E-state index is 11.1. The molecule has 1 heterocycles. The molecule has 19 heavy (non-hydrogen) atoms. The number of non-ortho nitro benzene ring substituents is 1. The Morgan fingerprint density at radius 3 is 2.95 bits per heavy atom. The zero-order valence-corrected chi connectivity index (χ0v) is 10.5. The van der Waals surface area contributed by atoms with Crippen LogP contribution in [0.5, 0.6) is 0 Å². The van der Waals surface area contributed by atoms with Crippen LogP contribution in [0.3, 0.4) is 0 Å². The van der Waals surface area contributed by atoms with E-state index < -0.39 is 4.92 Å². The van der Waals surface area contributed by atoms with Crippen molar-refractivity contribution in [2.75, 3.05) is 24.6 Å². The number of hydrogen-bond donors (Lipinski definition) is 1. The first-order chi connectivity index (χ1) is 9.15. The van der Waals surface area contributed by atoms with E-state index >= 15 is 0 Å². The van der Waals surface area contributed by atoms with Crippen molar-refractivity contribution >= 4 is 17.7 Å². The molecule has 6 heteroatoms. The molecular weight excluding hydrogens is 248 g/mol. The van der Waals surface area contributed by atoms with Gasteiger partial charge in [0.25, 0.3) is 5.69 Å². The van der Waals surface area contributed by atoms with E-state index in [-0.39, 0.29) is 12.3 Å². The van der Waals surface area contributed by atoms with Crippen LogP contribution in [0.15, 0.2) is 18.2 Å². The van der Waals surface area contributed by atoms with E-state index in [4.69, 9.17) is 5.11 Å². The summed E-state index contributed by atoms with van der Waals surface area (Å²) < 4.78 is 0. The molecule has 1 fully saturated rings. The molecule has 0 bridgehead atoms. The van der Waals surface area contributed by atoms with Crippen molar-refractivity contribution in [3.8, 4) is 0 Å². The summed E-state index contributed by atoms with van der Waals surface area (Å²) in [5.41, 5.74) is 1.01. The van der Waals surface area contributed by atoms with Crippen LogP contribution in [0.25, 0.3) is 0 Å². The van der Waals surface area contributed by atoms with Gasteiger partial charge in [-0.25, -0.2) is 0 Å². The molecule has 0 aliphatic carbocycles. The minimum Gasteiger partial charge on any atom is -0.396 e. The monoisotopic (exact) mass is 264 g/mol. The van der Waals surface area contributed by atoms with Crippen LogP contribution in [-0.4, -0.2) is 36.0 Å². The molecule has 1 aromatic rings. The Balaban J connectivity index is 2.21. The normalized spacial score (nSPS) is 18.6. The molecule has 0 saturated carbocycles. The molecule has 1 unspecified atom stereocenters. The minimum atomic E-state index is -0.505. The van der Waals surface area contributed by atoms with Crippen LogP contribution >= 0.6 is 0 Å². The van der Waals surface area contributed by atoms with E-state index in [1.54, 1.807) is 6.07 Å². The fourth-order valence-corrected chi connectivity index (χ4v) is 2.51. The summed E-state index contributed by atoms with van der Waals surface area (Å²) in [6.45, 7) is 1.75. The average Bonchev–Trinajstić information content (AvgIpc) is 2.86. The third-order valence-electron chi connectivity index (χ3n) is 3.51. The average molecular weight is 264 g/mol. The lowest BCUT2D eigenvalue weighted by molar-refractivity contribution is -0.384. The topological polar surface area (TPSA) is 83.7 Å². The van der Waals surface area contributed by atoms with Gasteiger partial charge in [0.1, 0.15) is 0 Å². The largest absolute Gasteiger partial charge is 0.396 e. The fraction of sp³-hybridized carbons (Fsp3) is 0.462. The van der Waals surface area contributed by atoms with Crippen LogP contribution in [0, 0.1) is 16.0 Å². The molecule has 1 aliphatic heterocycles. The second-order valence-electron chi connectivity index (χ2n) is 4.73. The molecular formula is C13H16N2O4. The van der Waals surface area contributed by atoms with Gasteiger partial charge in [-0.05, 0) is 24.8 Å². The van der Waals surface area contributed by atoms with Crippen molar-refractivity contribution in [2.24, 2.45) is 5.92 Å². The van der Waals surface area contributed by atoms with Crippen LogP contribution in [-0.2, 0) is 0 Å². The summed E-state index contributed by atoms with van der Waals surface area (Å²) in [5, 5.41) is 19.6. The maximum Gasteiger partial charge on any atom is 0.270 e. The van der Waals surface area contributed by atoms with E-state index in [1.165, 1.54) is 12.1 Å². The number of rotatable bonds is 5. The molecule has 1 aliphatic rings. The first-order valence-electron chi connectivity index (χ1n) is 6.25. The molecule has 0 radical (unpaired) electrons. The third-order valence-corrected chi connectivity index (χ3v) is 3.51. The van der Waals surface area contributed by atoms with Gasteiger partial charge in [-0.1, -0.05) is 0 Å². The van der Waals surface area contributed by atoms with Gasteiger partial charge in [0.15, 0.2) is 6.29 Å². The Morgan fingerprint density at radius 1 is 1.53 bits per heavy atom. The third kappa shape index (κ3) is 2.90. The Bertz CT molecular complexity index is 490. The van der Waals surface area contributed by atoms with Gasteiger partial charge in [-0.3, -0.25) is 14.9 Å². The van der Waals surface area contributed by atoms with E-state index in [1.807, 2.05) is 4.90 Å². The lowest BCUT2D eigenvalue weighted by Gasteiger charge is -2.20. The van der Waals surface area contributed by atoms with E-state index in [0.29, 0.717) is 17.8 Å². The van der Waals surface area contributed by atoms with Gasteiger partial charge in [0.05, 0.1) is 4.92 Å². The number of nitro groups is 1. The Kier molecular flexibility index (Phi) is 4.11. The van der Waals surface area contributed by atoms with E-state index in [0.717, 1.165) is 31.6 Å². The van der Waals surface area contributed by atoms with Crippen LogP contribution in [0.2, 0.25) is 0 Å². The van der Waals surface area contributed by atoms with Gasteiger partial charge in [0.2, 0.25) is 0 Å². The van der Waals surface area contributed by atoms with E-state index in [2.05, 4.69) is 0 Å². The number of anilines is 1. The smallest absolute Gasteiger partial charge is 0.270 e. The second-order valence-corrected chi connectivity index (χ2v) is 4.73. The van der Waals surface area contributed by atoms with Crippen LogP contribution < -0.4 is 4.90 Å². The Morgan fingerprint density at radius 2 is 2.32 bits per heavy atom. The molecule has 1 saturated heterocycles. The highest BCUT2D eigenvalue weighted by Crippen LogP contribution is 2.29. The number of aliphatic hydroxyl groups excluding tert-OH is 1. The standard InChI is InChI=1S/C13H16N2O4/c16-6-4-10-3-5-14(8-10)13-2-1-12(15(18)19)7-11(13)9-17/h1-2,7,9-10,16H,3-6,8H2.